The van der Waals surface area contributed by atoms with Gasteiger partial charge in [0, 0.05) is 12.3 Å². The molecular weight excluding hydrogens is 236 g/mol. The normalized spacial score (nSPS) is 33.5. The van der Waals surface area contributed by atoms with Crippen molar-refractivity contribution in [2.24, 2.45) is 23.2 Å². The molecule has 19 heavy (non-hydrogen) atoms. The van der Waals surface area contributed by atoms with E-state index in [1.807, 2.05) is 0 Å². The van der Waals surface area contributed by atoms with Crippen LogP contribution in [0.5, 0.6) is 0 Å². The standard InChI is InChI=1S/C17H28O2/c1-10(2)14-9-17(5,6)16(19-12(4)18)15-11(3)7-8-13(14)15/h10-11,14,16H,7-9H2,1-6H3. The Kier molecular flexibility index (Phi) is 3.81. The van der Waals surface area contributed by atoms with E-state index in [2.05, 4.69) is 34.6 Å². The zero-order valence-electron chi connectivity index (χ0n) is 13.2. The highest BCUT2D eigenvalue weighted by atomic mass is 16.5. The van der Waals surface area contributed by atoms with E-state index in [1.165, 1.54) is 25.3 Å². The van der Waals surface area contributed by atoms with E-state index in [9.17, 15) is 4.79 Å². The molecule has 0 aromatic heterocycles. The molecule has 0 aromatic carbocycles. The second-order valence-corrected chi connectivity index (χ2v) is 7.45. The summed E-state index contributed by atoms with van der Waals surface area (Å²) in [4.78, 5) is 11.5. The van der Waals surface area contributed by atoms with E-state index in [-0.39, 0.29) is 17.5 Å². The first-order chi connectivity index (χ1) is 8.74. The summed E-state index contributed by atoms with van der Waals surface area (Å²) in [6, 6.07) is 0. The minimum absolute atomic E-state index is 0.00694. The third-order valence-electron chi connectivity index (χ3n) is 5.02. The van der Waals surface area contributed by atoms with E-state index < -0.39 is 0 Å². The SMILES string of the molecule is CC(=O)OC1C2=C(CCC2C)C(C(C)C)CC1(C)C. The Bertz CT molecular complexity index is 403. The molecule has 0 amide bonds. The van der Waals surface area contributed by atoms with Crippen LogP contribution in [0.1, 0.15) is 60.8 Å². The molecule has 108 valence electrons. The lowest BCUT2D eigenvalue weighted by molar-refractivity contribution is -0.151. The number of allylic oxidation sites excluding steroid dienone is 1. The van der Waals surface area contributed by atoms with Crippen molar-refractivity contribution in [1.29, 1.82) is 0 Å². The molecule has 0 aliphatic heterocycles. The smallest absolute Gasteiger partial charge is 0.303 e. The highest BCUT2D eigenvalue weighted by molar-refractivity contribution is 5.66. The molecule has 0 saturated carbocycles. The highest BCUT2D eigenvalue weighted by Gasteiger charge is 2.47. The van der Waals surface area contributed by atoms with Crippen molar-refractivity contribution in [2.45, 2.75) is 66.9 Å². The van der Waals surface area contributed by atoms with Crippen LogP contribution in [-0.2, 0) is 9.53 Å². The van der Waals surface area contributed by atoms with Gasteiger partial charge in [0.25, 0.3) is 0 Å². The first-order valence-corrected chi connectivity index (χ1v) is 7.64. The lowest BCUT2D eigenvalue weighted by atomic mass is 9.64. The van der Waals surface area contributed by atoms with Crippen LogP contribution < -0.4 is 0 Å². The maximum Gasteiger partial charge on any atom is 0.303 e. The molecule has 2 rings (SSSR count). The lowest BCUT2D eigenvalue weighted by Gasteiger charge is -2.45. The fraction of sp³-hybridized carbons (Fsp3) is 0.824. The van der Waals surface area contributed by atoms with Gasteiger partial charge in [-0.05, 0) is 42.6 Å². The number of carbonyl (C=O) groups excluding carboxylic acids is 1. The highest BCUT2D eigenvalue weighted by Crippen LogP contribution is 2.53. The summed E-state index contributed by atoms with van der Waals surface area (Å²) in [6.45, 7) is 13.0. The monoisotopic (exact) mass is 264 g/mol. The Morgan fingerprint density at radius 2 is 2.00 bits per heavy atom. The van der Waals surface area contributed by atoms with Crippen molar-refractivity contribution >= 4 is 5.97 Å². The van der Waals surface area contributed by atoms with Crippen LogP contribution in [0.2, 0.25) is 0 Å². The van der Waals surface area contributed by atoms with Crippen LogP contribution in [0.25, 0.3) is 0 Å². The fourth-order valence-corrected chi connectivity index (χ4v) is 4.06. The first kappa shape index (κ1) is 14.6. The van der Waals surface area contributed by atoms with Gasteiger partial charge in [-0.1, -0.05) is 40.2 Å². The van der Waals surface area contributed by atoms with Gasteiger partial charge >= 0.3 is 5.97 Å². The summed E-state index contributed by atoms with van der Waals surface area (Å²) in [5.41, 5.74) is 3.11. The van der Waals surface area contributed by atoms with Gasteiger partial charge in [0.05, 0.1) is 0 Å². The van der Waals surface area contributed by atoms with Crippen molar-refractivity contribution in [3.63, 3.8) is 0 Å². The second kappa shape index (κ2) is 4.96. The number of ether oxygens (including phenoxy) is 1. The van der Waals surface area contributed by atoms with Gasteiger partial charge in [-0.25, -0.2) is 0 Å². The summed E-state index contributed by atoms with van der Waals surface area (Å²) in [5.74, 6) is 1.77. The molecule has 0 N–H and O–H groups in total. The third kappa shape index (κ3) is 2.59. The average molecular weight is 264 g/mol. The van der Waals surface area contributed by atoms with E-state index in [0.29, 0.717) is 17.8 Å². The lowest BCUT2D eigenvalue weighted by Crippen LogP contribution is -2.42. The molecule has 0 heterocycles. The van der Waals surface area contributed by atoms with E-state index in [4.69, 9.17) is 4.74 Å². The van der Waals surface area contributed by atoms with Crippen molar-refractivity contribution in [3.05, 3.63) is 11.1 Å². The average Bonchev–Trinajstić information content (AvgIpc) is 2.63. The molecule has 2 aliphatic carbocycles. The second-order valence-electron chi connectivity index (χ2n) is 7.45. The maximum absolute atomic E-state index is 11.5. The van der Waals surface area contributed by atoms with E-state index in [1.54, 1.807) is 5.57 Å². The zero-order valence-corrected chi connectivity index (χ0v) is 13.2. The summed E-state index contributed by atoms with van der Waals surface area (Å²) in [6.07, 6.45) is 3.55. The quantitative estimate of drug-likeness (QED) is 0.547. The Morgan fingerprint density at radius 1 is 1.37 bits per heavy atom. The van der Waals surface area contributed by atoms with Crippen molar-refractivity contribution in [2.75, 3.05) is 0 Å². The molecule has 0 radical (unpaired) electrons. The molecule has 2 nitrogen and oxygen atoms in total. The molecule has 0 fully saturated rings. The van der Waals surface area contributed by atoms with Crippen LogP contribution in [0.4, 0.5) is 0 Å². The van der Waals surface area contributed by atoms with Gasteiger partial charge < -0.3 is 4.74 Å². The number of esters is 1. The van der Waals surface area contributed by atoms with Gasteiger partial charge in [0.15, 0.2) is 0 Å². The van der Waals surface area contributed by atoms with Gasteiger partial charge in [0.1, 0.15) is 6.10 Å². The molecule has 0 saturated heterocycles. The van der Waals surface area contributed by atoms with Crippen LogP contribution in [0, 0.1) is 23.2 Å². The van der Waals surface area contributed by atoms with Gasteiger partial charge in [-0.3, -0.25) is 4.79 Å². The summed E-state index contributed by atoms with van der Waals surface area (Å²) in [5, 5.41) is 0. The first-order valence-electron chi connectivity index (χ1n) is 7.64. The van der Waals surface area contributed by atoms with E-state index >= 15 is 0 Å². The topological polar surface area (TPSA) is 26.3 Å². The molecule has 3 unspecified atom stereocenters. The van der Waals surface area contributed by atoms with E-state index in [0.717, 1.165) is 6.42 Å². The van der Waals surface area contributed by atoms with Gasteiger partial charge in [-0.15, -0.1) is 0 Å². The molecule has 2 heteroatoms. The minimum Gasteiger partial charge on any atom is -0.457 e. The largest absolute Gasteiger partial charge is 0.457 e. The Balaban J connectivity index is 2.44. The zero-order chi connectivity index (χ0) is 14.4. The van der Waals surface area contributed by atoms with Crippen molar-refractivity contribution < 1.29 is 9.53 Å². The maximum atomic E-state index is 11.5. The van der Waals surface area contributed by atoms with Gasteiger partial charge in [-0.2, -0.15) is 0 Å². The number of rotatable bonds is 2. The van der Waals surface area contributed by atoms with Crippen LogP contribution in [-0.4, -0.2) is 12.1 Å². The molecule has 0 bridgehead atoms. The molecule has 2 aliphatic rings. The molecule has 0 spiro atoms. The van der Waals surface area contributed by atoms with Gasteiger partial charge in [0.2, 0.25) is 0 Å². The molecular formula is C17H28O2. The predicted octanol–water partition coefficient (Wildman–Crippen LogP) is 4.35. The summed E-state index contributed by atoms with van der Waals surface area (Å²) < 4.78 is 5.72. The number of carbonyl (C=O) groups is 1. The Labute approximate surface area is 117 Å². The predicted molar refractivity (Wildman–Crippen MR) is 77.7 cm³/mol. The number of hydrogen-bond donors (Lipinski definition) is 0. The van der Waals surface area contributed by atoms with Crippen LogP contribution in [0.15, 0.2) is 11.1 Å². The molecule has 0 aromatic rings. The molecule has 3 atom stereocenters. The Morgan fingerprint density at radius 3 is 2.53 bits per heavy atom. The van der Waals surface area contributed by atoms with Crippen molar-refractivity contribution in [3.8, 4) is 0 Å². The van der Waals surface area contributed by atoms with Crippen LogP contribution >= 0.6 is 0 Å². The minimum atomic E-state index is -0.146. The Hall–Kier alpha value is -0.790. The van der Waals surface area contributed by atoms with Crippen molar-refractivity contribution in [1.82, 2.24) is 0 Å². The number of hydrogen-bond acceptors (Lipinski definition) is 2. The third-order valence-corrected chi connectivity index (χ3v) is 5.02. The van der Waals surface area contributed by atoms with Crippen LogP contribution in [0.3, 0.4) is 0 Å². The fourth-order valence-electron chi connectivity index (χ4n) is 4.06. The summed E-state index contributed by atoms with van der Waals surface area (Å²) >= 11 is 0. The summed E-state index contributed by atoms with van der Waals surface area (Å²) in [7, 11) is 0.